The molecule has 3 rings (SSSR count). The molecule has 1 fully saturated rings. The fourth-order valence-corrected chi connectivity index (χ4v) is 3.23. The molecule has 2 aromatic rings. The molecule has 1 saturated heterocycles. The molecule has 1 aliphatic heterocycles. The number of ether oxygens (including phenoxy) is 2. The van der Waals surface area contributed by atoms with Gasteiger partial charge in [0.05, 0.1) is 19.3 Å². The number of methoxy groups -OCH3 is 1. The van der Waals surface area contributed by atoms with E-state index in [1.165, 1.54) is 0 Å². The van der Waals surface area contributed by atoms with Gasteiger partial charge >= 0.3 is 0 Å². The Labute approximate surface area is 172 Å². The molecule has 1 aromatic heterocycles. The Morgan fingerprint density at radius 3 is 2.52 bits per heavy atom. The van der Waals surface area contributed by atoms with E-state index in [1.807, 2.05) is 37.3 Å². The molecule has 1 N–H and O–H groups in total. The lowest BCUT2D eigenvalue weighted by atomic mass is 10.3. The molecule has 8 nitrogen and oxygen atoms in total. The lowest BCUT2D eigenvalue weighted by Gasteiger charge is -2.36. The first-order valence-corrected chi connectivity index (χ1v) is 10.1. The van der Waals surface area contributed by atoms with Crippen molar-refractivity contribution in [1.82, 2.24) is 20.3 Å². The van der Waals surface area contributed by atoms with Crippen LogP contribution < -0.4 is 14.8 Å². The van der Waals surface area contributed by atoms with Gasteiger partial charge in [-0.05, 0) is 38.1 Å². The van der Waals surface area contributed by atoms with E-state index >= 15 is 0 Å². The summed E-state index contributed by atoms with van der Waals surface area (Å²) in [4.78, 5) is 9.49. The van der Waals surface area contributed by atoms with Crippen LogP contribution in [-0.2, 0) is 6.54 Å². The molecule has 1 aliphatic rings. The van der Waals surface area contributed by atoms with Gasteiger partial charge in [-0.2, -0.15) is 0 Å². The van der Waals surface area contributed by atoms with E-state index < -0.39 is 0 Å². The highest BCUT2D eigenvalue weighted by molar-refractivity contribution is 5.80. The Kier molecular flexibility index (Phi) is 7.75. The molecule has 29 heavy (non-hydrogen) atoms. The van der Waals surface area contributed by atoms with Crippen molar-refractivity contribution in [3.63, 3.8) is 0 Å². The van der Waals surface area contributed by atoms with E-state index in [9.17, 15) is 0 Å². The molecule has 2 heterocycles. The Hall–Kier alpha value is -2.74. The van der Waals surface area contributed by atoms with Crippen molar-refractivity contribution in [3.05, 3.63) is 42.3 Å². The van der Waals surface area contributed by atoms with Crippen LogP contribution in [0.25, 0.3) is 0 Å². The number of hydrogen-bond donors (Lipinski definition) is 1. The fraction of sp³-hybridized carbons (Fsp3) is 0.524. The van der Waals surface area contributed by atoms with Crippen molar-refractivity contribution in [2.75, 3.05) is 46.4 Å². The van der Waals surface area contributed by atoms with Gasteiger partial charge in [-0.15, -0.1) is 0 Å². The van der Waals surface area contributed by atoms with Gasteiger partial charge in [0, 0.05) is 45.3 Å². The standard InChI is InChI=1S/C21H31N5O3/c1-4-22-21(23-15-17(2)29-20-7-5-19(27-3)6-8-20)26-12-10-25(11-13-26)16-18-9-14-28-24-18/h5-9,14,17H,4,10-13,15-16H2,1-3H3,(H,22,23). The third-order valence-electron chi connectivity index (χ3n) is 4.78. The van der Waals surface area contributed by atoms with Gasteiger partial charge in [0.15, 0.2) is 5.96 Å². The minimum atomic E-state index is -0.0227. The lowest BCUT2D eigenvalue weighted by Crippen LogP contribution is -2.52. The minimum Gasteiger partial charge on any atom is -0.497 e. The normalized spacial score (nSPS) is 16.5. The number of benzene rings is 1. The number of hydrogen-bond acceptors (Lipinski definition) is 6. The summed E-state index contributed by atoms with van der Waals surface area (Å²) in [6.07, 6.45) is 1.60. The van der Waals surface area contributed by atoms with Gasteiger partial charge in [0.25, 0.3) is 0 Å². The summed E-state index contributed by atoms with van der Waals surface area (Å²) in [6.45, 7) is 10.2. The average molecular weight is 402 g/mol. The largest absolute Gasteiger partial charge is 0.497 e. The van der Waals surface area contributed by atoms with E-state index in [1.54, 1.807) is 13.4 Å². The van der Waals surface area contributed by atoms with Crippen LogP contribution in [0.1, 0.15) is 19.5 Å². The Bertz CT molecular complexity index is 740. The van der Waals surface area contributed by atoms with E-state index in [0.717, 1.165) is 62.4 Å². The minimum absolute atomic E-state index is 0.0227. The van der Waals surface area contributed by atoms with Crippen molar-refractivity contribution in [1.29, 1.82) is 0 Å². The van der Waals surface area contributed by atoms with Gasteiger partial charge in [0.2, 0.25) is 0 Å². The summed E-state index contributed by atoms with van der Waals surface area (Å²) in [7, 11) is 1.66. The van der Waals surface area contributed by atoms with Crippen molar-refractivity contribution >= 4 is 5.96 Å². The van der Waals surface area contributed by atoms with Crippen LogP contribution in [0.4, 0.5) is 0 Å². The molecular weight excluding hydrogens is 370 g/mol. The first kappa shape index (κ1) is 21.0. The lowest BCUT2D eigenvalue weighted by molar-refractivity contribution is 0.168. The zero-order valence-corrected chi connectivity index (χ0v) is 17.5. The molecule has 8 heteroatoms. The first-order chi connectivity index (χ1) is 14.2. The van der Waals surface area contributed by atoms with Gasteiger partial charge < -0.3 is 24.2 Å². The second-order valence-electron chi connectivity index (χ2n) is 7.05. The zero-order valence-electron chi connectivity index (χ0n) is 17.5. The second-order valence-corrected chi connectivity index (χ2v) is 7.05. The highest BCUT2D eigenvalue weighted by atomic mass is 16.5. The Morgan fingerprint density at radius 1 is 1.17 bits per heavy atom. The maximum absolute atomic E-state index is 5.97. The Balaban J connectivity index is 1.49. The van der Waals surface area contributed by atoms with Crippen LogP contribution in [0.15, 0.2) is 46.1 Å². The molecular formula is C21H31N5O3. The molecule has 1 unspecified atom stereocenters. The van der Waals surface area contributed by atoms with E-state index in [-0.39, 0.29) is 6.10 Å². The van der Waals surface area contributed by atoms with Crippen LogP contribution in [-0.4, -0.2) is 73.4 Å². The number of guanidine groups is 1. The summed E-state index contributed by atoms with van der Waals surface area (Å²) < 4.78 is 16.1. The van der Waals surface area contributed by atoms with Crippen molar-refractivity contribution in [2.45, 2.75) is 26.5 Å². The predicted molar refractivity (Wildman–Crippen MR) is 112 cm³/mol. The predicted octanol–water partition coefficient (Wildman–Crippen LogP) is 2.23. The van der Waals surface area contributed by atoms with Gasteiger partial charge in [-0.3, -0.25) is 4.90 Å². The van der Waals surface area contributed by atoms with Gasteiger partial charge in [0.1, 0.15) is 23.9 Å². The second kappa shape index (κ2) is 10.7. The zero-order chi connectivity index (χ0) is 20.5. The number of nitrogens with one attached hydrogen (secondary N) is 1. The molecule has 0 aliphatic carbocycles. The van der Waals surface area contributed by atoms with Crippen LogP contribution in [0, 0.1) is 0 Å². The van der Waals surface area contributed by atoms with Crippen molar-refractivity contribution in [2.24, 2.45) is 4.99 Å². The van der Waals surface area contributed by atoms with Crippen LogP contribution in [0.3, 0.4) is 0 Å². The number of nitrogens with zero attached hydrogens (tertiary/aromatic N) is 4. The molecule has 0 amide bonds. The summed E-state index contributed by atoms with van der Waals surface area (Å²) in [5.74, 6) is 2.58. The fourth-order valence-electron chi connectivity index (χ4n) is 3.23. The highest BCUT2D eigenvalue weighted by Gasteiger charge is 2.20. The average Bonchev–Trinajstić information content (AvgIpc) is 3.25. The van der Waals surface area contributed by atoms with Gasteiger partial charge in [-0.1, -0.05) is 5.16 Å². The van der Waals surface area contributed by atoms with E-state index in [4.69, 9.17) is 19.0 Å². The smallest absolute Gasteiger partial charge is 0.194 e. The molecule has 0 bridgehead atoms. The molecule has 0 spiro atoms. The maximum atomic E-state index is 5.97. The third-order valence-corrected chi connectivity index (χ3v) is 4.78. The summed E-state index contributed by atoms with van der Waals surface area (Å²) in [5.41, 5.74) is 0.975. The SMILES string of the molecule is CCNC(=NCC(C)Oc1ccc(OC)cc1)N1CCN(Cc2ccon2)CC1. The monoisotopic (exact) mass is 401 g/mol. The quantitative estimate of drug-likeness (QED) is 0.537. The maximum Gasteiger partial charge on any atom is 0.194 e. The topological polar surface area (TPSA) is 75.4 Å². The number of aromatic nitrogens is 1. The molecule has 0 radical (unpaired) electrons. The molecule has 1 aromatic carbocycles. The Morgan fingerprint density at radius 2 is 1.90 bits per heavy atom. The molecule has 1 atom stereocenters. The number of piperazine rings is 1. The molecule has 0 saturated carbocycles. The highest BCUT2D eigenvalue weighted by Crippen LogP contribution is 2.18. The van der Waals surface area contributed by atoms with Crippen molar-refractivity contribution < 1.29 is 14.0 Å². The van der Waals surface area contributed by atoms with Crippen molar-refractivity contribution in [3.8, 4) is 11.5 Å². The summed E-state index contributed by atoms with van der Waals surface area (Å²) >= 11 is 0. The molecule has 158 valence electrons. The third kappa shape index (κ3) is 6.39. The van der Waals surface area contributed by atoms with Gasteiger partial charge in [-0.25, -0.2) is 4.99 Å². The number of rotatable bonds is 8. The number of aliphatic imine (C=N–C) groups is 1. The van der Waals surface area contributed by atoms with Crippen LogP contribution >= 0.6 is 0 Å². The van der Waals surface area contributed by atoms with Crippen LogP contribution in [0.2, 0.25) is 0 Å². The van der Waals surface area contributed by atoms with E-state index in [0.29, 0.717) is 6.54 Å². The first-order valence-electron chi connectivity index (χ1n) is 10.1. The van der Waals surface area contributed by atoms with E-state index in [2.05, 4.69) is 27.2 Å². The van der Waals surface area contributed by atoms with Crippen LogP contribution in [0.5, 0.6) is 11.5 Å². The summed E-state index contributed by atoms with van der Waals surface area (Å²) in [5, 5.41) is 7.40. The summed E-state index contributed by atoms with van der Waals surface area (Å²) in [6, 6.07) is 9.54.